The zero-order valence-electron chi connectivity index (χ0n) is 23.7. The molecule has 0 bridgehead atoms. The van der Waals surface area contributed by atoms with Gasteiger partial charge in [-0.25, -0.2) is 4.79 Å². The maximum absolute atomic E-state index is 11.4. The number of aryl methyl sites for hydroxylation is 1. The van der Waals surface area contributed by atoms with Crippen molar-refractivity contribution >= 4 is 46.4 Å². The summed E-state index contributed by atoms with van der Waals surface area (Å²) in [7, 11) is 0. The first-order valence-electron chi connectivity index (χ1n) is 13.8. The average Bonchev–Trinajstić information content (AvgIpc) is 3.52. The lowest BCUT2D eigenvalue weighted by Crippen LogP contribution is -2.29. The molecule has 0 saturated carbocycles. The molecule has 0 aliphatic carbocycles. The maximum Gasteiger partial charge on any atom is 0.335 e. The third-order valence-electron chi connectivity index (χ3n) is 7.66. The molecule has 6 rings (SSSR count). The summed E-state index contributed by atoms with van der Waals surface area (Å²) < 4.78 is 2.12. The molecular formula is C33H27N5O4S2. The van der Waals surface area contributed by atoms with Crippen LogP contribution in [0.2, 0.25) is 0 Å². The van der Waals surface area contributed by atoms with Crippen molar-refractivity contribution in [2.45, 2.75) is 35.7 Å². The zero-order valence-corrected chi connectivity index (χ0v) is 25.4. The lowest BCUT2D eigenvalue weighted by Gasteiger charge is -2.28. The monoisotopic (exact) mass is 621 g/mol. The SMILES string of the molecule is Cc1cc([C@H]2[C@H](c3ccccn3)NC(=S)N2c2ccc(Sc3ccc([N+](=O)[O-])cc3)cc2)c(C)n1-c1ccc(C(=O)O)cc1. The Morgan fingerprint density at radius 1 is 0.955 bits per heavy atom. The van der Waals surface area contributed by atoms with Gasteiger partial charge < -0.3 is 19.9 Å². The van der Waals surface area contributed by atoms with E-state index in [1.165, 1.54) is 23.9 Å². The number of rotatable bonds is 8. The van der Waals surface area contributed by atoms with Crippen LogP contribution in [0.3, 0.4) is 0 Å². The second-order valence-electron chi connectivity index (χ2n) is 10.4. The number of carboxylic acid groups (broad SMARTS) is 1. The topological polar surface area (TPSA) is 114 Å². The average molecular weight is 622 g/mol. The number of benzene rings is 3. The normalized spacial score (nSPS) is 16.1. The first-order chi connectivity index (χ1) is 21.2. The highest BCUT2D eigenvalue weighted by Gasteiger charge is 2.42. The van der Waals surface area contributed by atoms with Crippen molar-refractivity contribution in [1.82, 2.24) is 14.9 Å². The van der Waals surface area contributed by atoms with Crippen molar-refractivity contribution in [2.75, 3.05) is 4.90 Å². The number of thiocarbonyl (C=S) groups is 1. The predicted molar refractivity (Wildman–Crippen MR) is 174 cm³/mol. The summed E-state index contributed by atoms with van der Waals surface area (Å²) in [4.78, 5) is 30.7. The number of pyridine rings is 1. The summed E-state index contributed by atoms with van der Waals surface area (Å²) in [5.41, 5.74) is 6.03. The molecule has 2 aromatic heterocycles. The Morgan fingerprint density at radius 2 is 1.59 bits per heavy atom. The number of aromatic nitrogens is 2. The Hall–Kier alpha value is -5.00. The highest BCUT2D eigenvalue weighted by molar-refractivity contribution is 7.99. The first kappa shape index (κ1) is 29.1. The molecule has 0 amide bonds. The van der Waals surface area contributed by atoms with Gasteiger partial charge in [0.25, 0.3) is 5.69 Å². The van der Waals surface area contributed by atoms with Gasteiger partial charge in [-0.05, 0) is 110 Å². The number of carbonyl (C=O) groups is 1. The molecule has 1 aliphatic rings. The maximum atomic E-state index is 11.4. The van der Waals surface area contributed by atoms with E-state index in [0.717, 1.165) is 43.8 Å². The standard InChI is InChI=1S/C33H27N5O4S2/c1-20-19-28(21(2)36(20)23-8-6-22(7-9-23)32(39)40)31-30(29-5-3-4-18-34-29)35-33(43)37(31)24-10-14-26(15-11-24)44-27-16-12-25(13-17-27)38(41)42/h3-19,30-31H,1-2H3,(H,35,43)(H,39,40)/t30-,31-/m0/s1. The van der Waals surface area contributed by atoms with Gasteiger partial charge in [-0.3, -0.25) is 15.1 Å². The van der Waals surface area contributed by atoms with Gasteiger partial charge in [-0.1, -0.05) is 17.8 Å². The van der Waals surface area contributed by atoms with E-state index in [1.54, 1.807) is 30.5 Å². The number of aromatic carboxylic acids is 1. The molecule has 3 heterocycles. The van der Waals surface area contributed by atoms with E-state index < -0.39 is 10.9 Å². The minimum absolute atomic E-state index is 0.0601. The molecule has 11 heteroatoms. The molecule has 220 valence electrons. The highest BCUT2D eigenvalue weighted by Crippen LogP contribution is 2.44. The van der Waals surface area contributed by atoms with Gasteiger partial charge in [0.1, 0.15) is 0 Å². The Balaban J connectivity index is 1.37. The Kier molecular flexibility index (Phi) is 7.90. The molecule has 2 N–H and O–H groups in total. The van der Waals surface area contributed by atoms with Gasteiger partial charge in [0, 0.05) is 50.9 Å². The van der Waals surface area contributed by atoms with E-state index in [2.05, 4.69) is 32.8 Å². The number of carboxylic acids is 1. The minimum Gasteiger partial charge on any atom is -0.478 e. The molecule has 3 aromatic carbocycles. The predicted octanol–water partition coefficient (Wildman–Crippen LogP) is 7.42. The molecule has 1 saturated heterocycles. The van der Waals surface area contributed by atoms with Gasteiger partial charge >= 0.3 is 5.97 Å². The van der Waals surface area contributed by atoms with E-state index in [9.17, 15) is 20.0 Å². The second-order valence-corrected chi connectivity index (χ2v) is 11.9. The zero-order chi connectivity index (χ0) is 31.0. The molecule has 0 unspecified atom stereocenters. The lowest BCUT2D eigenvalue weighted by molar-refractivity contribution is -0.384. The van der Waals surface area contributed by atoms with E-state index in [1.807, 2.05) is 61.5 Å². The highest BCUT2D eigenvalue weighted by atomic mass is 32.2. The van der Waals surface area contributed by atoms with E-state index in [-0.39, 0.29) is 23.3 Å². The molecule has 44 heavy (non-hydrogen) atoms. The fourth-order valence-corrected chi connectivity index (χ4v) is 6.80. The summed E-state index contributed by atoms with van der Waals surface area (Å²) in [6, 6.07) is 29.0. The number of anilines is 1. The third kappa shape index (κ3) is 5.54. The van der Waals surface area contributed by atoms with Crippen LogP contribution in [0.15, 0.2) is 113 Å². The van der Waals surface area contributed by atoms with Gasteiger partial charge in [0.2, 0.25) is 0 Å². The molecule has 9 nitrogen and oxygen atoms in total. The van der Waals surface area contributed by atoms with Gasteiger partial charge in [0.15, 0.2) is 5.11 Å². The summed E-state index contributed by atoms with van der Waals surface area (Å²) in [6.45, 7) is 4.10. The smallest absolute Gasteiger partial charge is 0.335 e. The molecular weight excluding hydrogens is 595 g/mol. The van der Waals surface area contributed by atoms with E-state index in [4.69, 9.17) is 12.2 Å². The van der Waals surface area contributed by atoms with E-state index in [0.29, 0.717) is 5.11 Å². The van der Waals surface area contributed by atoms with Gasteiger partial charge in [-0.2, -0.15) is 0 Å². The quantitative estimate of drug-likeness (QED) is 0.104. The number of nitrogens with one attached hydrogen (secondary N) is 1. The molecule has 0 radical (unpaired) electrons. The van der Waals surface area contributed by atoms with Crippen LogP contribution in [0, 0.1) is 24.0 Å². The van der Waals surface area contributed by atoms with Gasteiger partial charge in [-0.15, -0.1) is 0 Å². The van der Waals surface area contributed by atoms with Crippen molar-refractivity contribution in [1.29, 1.82) is 0 Å². The van der Waals surface area contributed by atoms with Crippen molar-refractivity contribution in [3.8, 4) is 5.69 Å². The summed E-state index contributed by atoms with van der Waals surface area (Å²) >= 11 is 7.45. The molecule has 2 atom stereocenters. The van der Waals surface area contributed by atoms with Crippen LogP contribution < -0.4 is 10.2 Å². The van der Waals surface area contributed by atoms with Gasteiger partial charge in [0.05, 0.1) is 28.3 Å². The van der Waals surface area contributed by atoms with Crippen molar-refractivity contribution in [3.63, 3.8) is 0 Å². The number of nitro groups is 1. The summed E-state index contributed by atoms with van der Waals surface area (Å²) in [6.07, 6.45) is 1.78. The molecule has 0 spiro atoms. The molecule has 1 fully saturated rings. The van der Waals surface area contributed by atoms with E-state index >= 15 is 0 Å². The molecule has 5 aromatic rings. The van der Waals surface area contributed by atoms with Crippen molar-refractivity contribution < 1.29 is 14.8 Å². The van der Waals surface area contributed by atoms with Crippen molar-refractivity contribution in [3.05, 3.63) is 142 Å². The fraction of sp³-hybridized carbons (Fsp3) is 0.121. The van der Waals surface area contributed by atoms with Crippen LogP contribution in [-0.2, 0) is 0 Å². The third-order valence-corrected chi connectivity index (χ3v) is 8.99. The number of nitrogens with zero attached hydrogens (tertiary/aromatic N) is 4. The molecule has 1 aliphatic heterocycles. The minimum atomic E-state index is -0.963. The summed E-state index contributed by atoms with van der Waals surface area (Å²) in [5, 5.41) is 24.5. The van der Waals surface area contributed by atoms with Crippen LogP contribution in [0.1, 0.15) is 45.1 Å². The van der Waals surface area contributed by atoms with Crippen LogP contribution in [0.4, 0.5) is 11.4 Å². The number of nitro benzene ring substituents is 1. The number of hydrogen-bond donors (Lipinski definition) is 2. The summed E-state index contributed by atoms with van der Waals surface area (Å²) in [5.74, 6) is -0.963. The number of hydrogen-bond acceptors (Lipinski definition) is 6. The van der Waals surface area contributed by atoms with Crippen LogP contribution in [-0.4, -0.2) is 30.7 Å². The Morgan fingerprint density at radius 3 is 2.18 bits per heavy atom. The Bertz CT molecular complexity index is 1860. The van der Waals surface area contributed by atoms with Crippen LogP contribution in [0.5, 0.6) is 0 Å². The van der Waals surface area contributed by atoms with Crippen LogP contribution in [0.25, 0.3) is 5.69 Å². The Labute approximate surface area is 263 Å². The number of non-ortho nitro benzene ring substituents is 1. The largest absolute Gasteiger partial charge is 0.478 e. The lowest BCUT2D eigenvalue weighted by atomic mass is 9.96. The first-order valence-corrected chi connectivity index (χ1v) is 15.0. The fourth-order valence-electron chi connectivity index (χ4n) is 5.63. The van der Waals surface area contributed by atoms with Crippen molar-refractivity contribution in [2.24, 2.45) is 0 Å². The van der Waals surface area contributed by atoms with Crippen LogP contribution >= 0.6 is 24.0 Å². The second kappa shape index (κ2) is 11.9.